The van der Waals surface area contributed by atoms with Gasteiger partial charge < -0.3 is 20.9 Å². The first-order chi connectivity index (χ1) is 16.7. The number of hydrogen-bond acceptors (Lipinski definition) is 4. The van der Waals surface area contributed by atoms with Crippen LogP contribution in [-0.2, 0) is 0 Å². The lowest BCUT2D eigenvalue weighted by Crippen LogP contribution is -2.05. The fourth-order valence-electron chi connectivity index (χ4n) is 4.38. The quantitative estimate of drug-likeness (QED) is 0.115. The Hall–Kier alpha value is -1.58. The highest BCUT2D eigenvalue weighted by Crippen LogP contribution is 2.33. The summed E-state index contributed by atoms with van der Waals surface area (Å²) in [5, 5.41) is 0. The van der Waals surface area contributed by atoms with E-state index in [0.717, 1.165) is 12.8 Å². The van der Waals surface area contributed by atoms with Crippen molar-refractivity contribution in [3.05, 3.63) is 12.1 Å². The summed E-state index contributed by atoms with van der Waals surface area (Å²) in [6, 6.07) is 3.64. The number of unbranched alkanes of at least 4 members (excludes halogenated alkanes) is 18. The second-order valence-corrected chi connectivity index (χ2v) is 9.99. The first kappa shape index (κ1) is 30.5. The number of rotatable bonds is 24. The molecule has 1 aromatic carbocycles. The molecule has 0 aliphatic heterocycles. The number of anilines is 2. The van der Waals surface area contributed by atoms with Crippen molar-refractivity contribution in [2.75, 3.05) is 24.7 Å². The number of hydrogen-bond donors (Lipinski definition) is 2. The van der Waals surface area contributed by atoms with Gasteiger partial charge in [-0.2, -0.15) is 0 Å². The predicted molar refractivity (Wildman–Crippen MR) is 150 cm³/mol. The molecule has 0 bridgehead atoms. The van der Waals surface area contributed by atoms with Crippen LogP contribution in [0, 0.1) is 0 Å². The maximum Gasteiger partial charge on any atom is 0.144 e. The molecule has 0 saturated heterocycles. The first-order valence-electron chi connectivity index (χ1n) is 14.6. The van der Waals surface area contributed by atoms with Gasteiger partial charge in [-0.1, -0.05) is 129 Å². The molecule has 0 saturated carbocycles. The molecule has 1 rings (SSSR count). The molecule has 4 N–H and O–H groups in total. The van der Waals surface area contributed by atoms with Crippen molar-refractivity contribution in [2.24, 2.45) is 0 Å². The highest BCUT2D eigenvalue weighted by atomic mass is 16.5. The molecule has 4 nitrogen and oxygen atoms in total. The Morgan fingerprint density at radius 3 is 1.00 bits per heavy atom. The van der Waals surface area contributed by atoms with Gasteiger partial charge in [0, 0.05) is 12.1 Å². The summed E-state index contributed by atoms with van der Waals surface area (Å²) in [5.74, 6) is 1.36. The van der Waals surface area contributed by atoms with Gasteiger partial charge in [-0.15, -0.1) is 0 Å². The minimum atomic E-state index is 0.611. The summed E-state index contributed by atoms with van der Waals surface area (Å²) >= 11 is 0. The van der Waals surface area contributed by atoms with Crippen LogP contribution in [0.3, 0.4) is 0 Å². The zero-order valence-electron chi connectivity index (χ0n) is 22.7. The maximum atomic E-state index is 6.19. The molecule has 0 aromatic heterocycles. The monoisotopic (exact) mass is 476 g/mol. The molecule has 0 heterocycles. The summed E-state index contributed by atoms with van der Waals surface area (Å²) < 4.78 is 11.8. The van der Waals surface area contributed by atoms with Crippen LogP contribution < -0.4 is 20.9 Å². The van der Waals surface area contributed by atoms with E-state index in [9.17, 15) is 0 Å². The normalized spacial score (nSPS) is 11.1. The second kappa shape index (κ2) is 21.9. The molecule has 0 fully saturated rings. The topological polar surface area (TPSA) is 70.5 Å². The van der Waals surface area contributed by atoms with Crippen molar-refractivity contribution in [2.45, 2.75) is 142 Å². The summed E-state index contributed by atoms with van der Waals surface area (Å²) in [6.07, 6.45) is 26.4. The number of nitrogens with two attached hydrogens (primary N) is 2. The molecule has 0 radical (unpaired) electrons. The van der Waals surface area contributed by atoms with Crippen LogP contribution in [0.15, 0.2) is 12.1 Å². The van der Waals surface area contributed by atoms with E-state index in [1.807, 2.05) is 12.1 Å². The van der Waals surface area contributed by atoms with Gasteiger partial charge in [-0.3, -0.25) is 0 Å². The minimum absolute atomic E-state index is 0.611. The van der Waals surface area contributed by atoms with Gasteiger partial charge in [-0.25, -0.2) is 0 Å². The largest absolute Gasteiger partial charge is 0.491 e. The van der Waals surface area contributed by atoms with Crippen LogP contribution >= 0.6 is 0 Å². The highest BCUT2D eigenvalue weighted by Gasteiger charge is 2.08. The van der Waals surface area contributed by atoms with Crippen LogP contribution in [-0.4, -0.2) is 13.2 Å². The Labute approximate surface area is 211 Å². The molecular formula is C30H56N2O2. The van der Waals surface area contributed by atoms with Gasteiger partial charge in [0.25, 0.3) is 0 Å². The van der Waals surface area contributed by atoms with E-state index in [1.54, 1.807) is 0 Å². The molecule has 4 heteroatoms. The molecule has 0 amide bonds. The number of benzene rings is 1. The van der Waals surface area contributed by atoms with Crippen LogP contribution in [0.2, 0.25) is 0 Å². The minimum Gasteiger partial charge on any atom is -0.491 e. The lowest BCUT2D eigenvalue weighted by molar-refractivity contribution is 0.299. The van der Waals surface area contributed by atoms with Crippen molar-refractivity contribution in [1.29, 1.82) is 0 Å². The lowest BCUT2D eigenvalue weighted by atomic mass is 10.1. The third-order valence-corrected chi connectivity index (χ3v) is 6.65. The Balaban J connectivity index is 2.07. The summed E-state index contributed by atoms with van der Waals surface area (Å²) in [7, 11) is 0. The molecule has 34 heavy (non-hydrogen) atoms. The molecule has 0 unspecified atom stereocenters. The van der Waals surface area contributed by atoms with Crippen LogP contribution in [0.25, 0.3) is 0 Å². The van der Waals surface area contributed by atoms with Gasteiger partial charge in [0.15, 0.2) is 0 Å². The third-order valence-electron chi connectivity index (χ3n) is 6.65. The fourth-order valence-corrected chi connectivity index (χ4v) is 4.38. The summed E-state index contributed by atoms with van der Waals surface area (Å²) in [6.45, 7) is 5.93. The maximum absolute atomic E-state index is 6.19. The molecule has 0 aliphatic carbocycles. The van der Waals surface area contributed by atoms with Crippen molar-refractivity contribution in [3.8, 4) is 11.5 Å². The standard InChI is InChI=1S/C30H56N2O2/c1-3-5-7-9-11-13-15-17-19-21-23-33-29-25-28(32)30(26-27(29)31)34-24-22-20-18-16-14-12-10-8-6-4-2/h25-26H,3-24,31-32H2,1-2H3. The van der Waals surface area contributed by atoms with E-state index < -0.39 is 0 Å². The fraction of sp³-hybridized carbons (Fsp3) is 0.800. The van der Waals surface area contributed by atoms with E-state index >= 15 is 0 Å². The Morgan fingerprint density at radius 1 is 0.441 bits per heavy atom. The lowest BCUT2D eigenvalue weighted by Gasteiger charge is -2.14. The van der Waals surface area contributed by atoms with Crippen LogP contribution in [0.5, 0.6) is 11.5 Å². The van der Waals surface area contributed by atoms with Crippen molar-refractivity contribution in [1.82, 2.24) is 0 Å². The van der Waals surface area contributed by atoms with Crippen molar-refractivity contribution < 1.29 is 9.47 Å². The molecule has 0 atom stereocenters. The van der Waals surface area contributed by atoms with Crippen LogP contribution in [0.1, 0.15) is 142 Å². The Morgan fingerprint density at radius 2 is 0.706 bits per heavy atom. The predicted octanol–water partition coefficient (Wildman–Crippen LogP) is 9.45. The Kier molecular flexibility index (Phi) is 19.6. The average Bonchev–Trinajstić information content (AvgIpc) is 2.83. The molecule has 198 valence electrons. The van der Waals surface area contributed by atoms with Crippen molar-refractivity contribution in [3.63, 3.8) is 0 Å². The van der Waals surface area contributed by atoms with Gasteiger partial charge >= 0.3 is 0 Å². The average molecular weight is 477 g/mol. The van der Waals surface area contributed by atoms with E-state index in [1.165, 1.54) is 116 Å². The molecule has 1 aromatic rings. The van der Waals surface area contributed by atoms with Gasteiger partial charge in [0.2, 0.25) is 0 Å². The van der Waals surface area contributed by atoms with E-state index in [-0.39, 0.29) is 0 Å². The van der Waals surface area contributed by atoms with Crippen LogP contribution in [0.4, 0.5) is 11.4 Å². The van der Waals surface area contributed by atoms with Gasteiger partial charge in [-0.05, 0) is 12.8 Å². The molecular weight excluding hydrogens is 420 g/mol. The van der Waals surface area contributed by atoms with Crippen molar-refractivity contribution >= 4 is 11.4 Å². The first-order valence-corrected chi connectivity index (χ1v) is 14.6. The highest BCUT2D eigenvalue weighted by molar-refractivity contribution is 5.67. The second-order valence-electron chi connectivity index (χ2n) is 9.99. The molecule has 0 spiro atoms. The number of nitrogen functional groups attached to an aromatic ring is 2. The van der Waals surface area contributed by atoms with E-state index in [4.69, 9.17) is 20.9 Å². The summed E-state index contributed by atoms with van der Waals surface area (Å²) in [4.78, 5) is 0. The number of ether oxygens (including phenoxy) is 2. The van der Waals surface area contributed by atoms with Gasteiger partial charge in [0.05, 0.1) is 24.6 Å². The van der Waals surface area contributed by atoms with E-state index in [2.05, 4.69) is 13.8 Å². The van der Waals surface area contributed by atoms with E-state index in [0.29, 0.717) is 36.1 Å². The Bertz CT molecular complexity index is 540. The van der Waals surface area contributed by atoms with Gasteiger partial charge in [0.1, 0.15) is 11.5 Å². The molecule has 0 aliphatic rings. The summed E-state index contributed by atoms with van der Waals surface area (Å²) in [5.41, 5.74) is 13.6. The smallest absolute Gasteiger partial charge is 0.144 e. The third kappa shape index (κ3) is 16.1. The zero-order valence-corrected chi connectivity index (χ0v) is 22.7. The zero-order chi connectivity index (χ0) is 24.7. The SMILES string of the molecule is CCCCCCCCCCCCOc1cc(N)c(OCCCCCCCCCCCC)cc1N.